The fraction of sp³-hybridized carbons (Fsp3) is 0.500. The standard InChI is InChI=1S/C2H5NO5P2/c4-2(3-5)1-8-10(6,7)9/h9H,1H2,(H2-2,3,4,5,6,7)/q-2. The Labute approximate surface area is 59.0 Å². The Morgan fingerprint density at radius 2 is 2.30 bits per heavy atom. The largest absolute Gasteiger partial charge is 0.817 e. The number of carbonyl (C=O) groups is 1. The van der Waals surface area contributed by atoms with Gasteiger partial charge in [0.1, 0.15) is 6.61 Å². The Hall–Kier alpha value is 0.0400. The summed E-state index contributed by atoms with van der Waals surface area (Å²) in [6, 6.07) is 0. The molecule has 0 aliphatic carbocycles. The topological polar surface area (TPSA) is 105 Å². The third-order valence-electron chi connectivity index (χ3n) is 0.490. The zero-order valence-electron chi connectivity index (χ0n) is 4.73. The second-order valence-electron chi connectivity index (χ2n) is 1.31. The first kappa shape index (κ1) is 10.0. The van der Waals surface area contributed by atoms with Crippen LogP contribution in [0.15, 0.2) is 0 Å². The fourth-order valence-electron chi connectivity index (χ4n) is 0.176. The lowest BCUT2D eigenvalue weighted by molar-refractivity contribution is -0.321. The Morgan fingerprint density at radius 3 is 2.60 bits per heavy atom. The molecule has 60 valence electrons. The average Bonchev–Trinajstić information content (AvgIpc) is 1.81. The van der Waals surface area contributed by atoms with Crippen LogP contribution in [0.2, 0.25) is 0 Å². The van der Waals surface area contributed by atoms with E-state index < -0.39 is 19.7 Å². The van der Waals surface area contributed by atoms with Crippen LogP contribution in [-0.4, -0.2) is 17.7 Å². The number of carbonyl (C=O) groups excluding carboxylic acids is 1. The van der Waals surface area contributed by atoms with Gasteiger partial charge in [-0.2, -0.15) is 0 Å². The van der Waals surface area contributed by atoms with Gasteiger partial charge < -0.3 is 14.3 Å². The van der Waals surface area contributed by atoms with Crippen LogP contribution in [0, 0.1) is 0 Å². The third-order valence-corrected chi connectivity index (χ3v) is 1.35. The number of hydrogen-bond donors (Lipinski definition) is 2. The molecule has 0 aromatic heterocycles. The van der Waals surface area contributed by atoms with Crippen LogP contribution in [0.25, 0.3) is 0 Å². The summed E-state index contributed by atoms with van der Waals surface area (Å²) >= 11 is 0. The van der Waals surface area contributed by atoms with Crippen LogP contribution in [0.1, 0.15) is 0 Å². The molecule has 0 unspecified atom stereocenters. The number of amides is 1. The van der Waals surface area contributed by atoms with Crippen molar-refractivity contribution in [3.63, 3.8) is 0 Å². The predicted octanol–water partition coefficient (Wildman–Crippen LogP) is -1.95. The minimum atomic E-state index is -4.05. The molecule has 0 saturated heterocycles. The van der Waals surface area contributed by atoms with Gasteiger partial charge in [-0.3, -0.25) is 10.0 Å². The smallest absolute Gasteiger partial charge is 0.269 e. The van der Waals surface area contributed by atoms with Crippen molar-refractivity contribution in [1.29, 1.82) is 0 Å². The normalized spacial score (nSPS) is 11.1. The van der Waals surface area contributed by atoms with Gasteiger partial charge in [-0.05, 0) is 0 Å². The van der Waals surface area contributed by atoms with Crippen LogP contribution in [0.5, 0.6) is 0 Å². The number of hydrogen-bond acceptors (Lipinski definition) is 5. The van der Waals surface area contributed by atoms with Gasteiger partial charge in [-0.15, -0.1) is 15.8 Å². The monoisotopic (exact) mass is 185 g/mol. The number of hydroxylamine groups is 1. The highest BCUT2D eigenvalue weighted by molar-refractivity contribution is 7.86. The Morgan fingerprint density at radius 1 is 1.80 bits per heavy atom. The van der Waals surface area contributed by atoms with Gasteiger partial charge in [0.25, 0.3) is 5.91 Å². The zero-order valence-corrected chi connectivity index (χ0v) is 6.63. The van der Waals surface area contributed by atoms with E-state index >= 15 is 0 Å². The zero-order chi connectivity index (χ0) is 8.20. The van der Waals surface area contributed by atoms with Crippen molar-refractivity contribution in [3.8, 4) is 0 Å². The van der Waals surface area contributed by atoms with E-state index in [1.807, 2.05) is 0 Å². The second kappa shape index (κ2) is 4.03. The molecule has 0 fully saturated rings. The van der Waals surface area contributed by atoms with E-state index in [0.717, 1.165) is 0 Å². The van der Waals surface area contributed by atoms with E-state index in [0.29, 0.717) is 0 Å². The Bertz CT molecular complexity index is 163. The molecule has 0 aliphatic heterocycles. The molecule has 6 nitrogen and oxygen atoms in total. The molecule has 0 radical (unpaired) electrons. The van der Waals surface area contributed by atoms with Crippen LogP contribution >= 0.6 is 15.8 Å². The molecule has 0 atom stereocenters. The maximum Gasteiger partial charge on any atom is 0.269 e. The maximum atomic E-state index is 10.1. The summed E-state index contributed by atoms with van der Waals surface area (Å²) in [6.07, 6.45) is 0. The lowest BCUT2D eigenvalue weighted by Crippen LogP contribution is -2.26. The quantitative estimate of drug-likeness (QED) is 0.302. The average molecular weight is 185 g/mol. The van der Waals surface area contributed by atoms with E-state index in [-0.39, 0.29) is 0 Å². The maximum absolute atomic E-state index is 10.1. The summed E-state index contributed by atoms with van der Waals surface area (Å²) in [6.45, 7) is -0.735. The van der Waals surface area contributed by atoms with E-state index in [9.17, 15) is 14.6 Å². The van der Waals surface area contributed by atoms with Crippen LogP contribution in [0.3, 0.4) is 0 Å². The summed E-state index contributed by atoms with van der Waals surface area (Å²) in [4.78, 5) is 30.3. The van der Waals surface area contributed by atoms with Crippen molar-refractivity contribution < 1.29 is 24.3 Å². The summed E-state index contributed by atoms with van der Waals surface area (Å²) in [5.74, 6) is -0.936. The highest BCUT2D eigenvalue weighted by atomic mass is 31.8. The molecule has 0 heterocycles. The van der Waals surface area contributed by atoms with Crippen molar-refractivity contribution in [2.45, 2.75) is 0 Å². The molecule has 0 aromatic rings. The first-order valence-electron chi connectivity index (χ1n) is 2.09. The lowest BCUT2D eigenvalue weighted by Gasteiger charge is -2.35. The molecule has 0 rings (SSSR count). The summed E-state index contributed by atoms with van der Waals surface area (Å²) in [7, 11) is -1.85. The van der Waals surface area contributed by atoms with Gasteiger partial charge in [0.15, 0.2) is 0 Å². The number of rotatable bonds is 3. The van der Waals surface area contributed by atoms with E-state index in [4.69, 9.17) is 5.21 Å². The van der Waals surface area contributed by atoms with Gasteiger partial charge in [0.2, 0.25) is 0 Å². The van der Waals surface area contributed by atoms with E-state index in [2.05, 4.69) is 13.1 Å². The Balaban J connectivity index is 3.56. The molecule has 10 heavy (non-hydrogen) atoms. The molecular weight excluding hydrogens is 180 g/mol. The minimum absolute atomic E-state index is 0.735. The highest BCUT2D eigenvalue weighted by Crippen LogP contribution is 2.31. The van der Waals surface area contributed by atoms with Crippen molar-refractivity contribution in [2.75, 3.05) is 6.61 Å². The van der Waals surface area contributed by atoms with Crippen molar-refractivity contribution in [3.05, 3.63) is 0 Å². The van der Waals surface area contributed by atoms with Gasteiger partial charge in [-0.1, -0.05) is 0 Å². The lowest BCUT2D eigenvalue weighted by atomic mass is 10.7. The summed E-state index contributed by atoms with van der Waals surface area (Å²) in [5.41, 5.74) is 1.19. The molecule has 0 spiro atoms. The van der Waals surface area contributed by atoms with Gasteiger partial charge in [-0.25, -0.2) is 5.48 Å². The highest BCUT2D eigenvalue weighted by Gasteiger charge is 1.96. The number of nitrogens with one attached hydrogen (secondary N) is 1. The van der Waals surface area contributed by atoms with Crippen molar-refractivity contribution >= 4 is 21.7 Å². The fourth-order valence-corrected chi connectivity index (χ4v) is 0.657. The van der Waals surface area contributed by atoms with Crippen LogP contribution < -0.4 is 15.3 Å². The summed E-state index contributed by atoms with van der Waals surface area (Å²) in [5, 5.41) is 7.84. The van der Waals surface area contributed by atoms with Crippen LogP contribution in [-0.2, 0) is 9.32 Å². The van der Waals surface area contributed by atoms with Gasteiger partial charge in [0.05, 0.1) is 0 Å². The predicted molar refractivity (Wildman–Crippen MR) is 31.1 cm³/mol. The third kappa shape index (κ3) is 6.16. The van der Waals surface area contributed by atoms with Gasteiger partial charge in [0, 0.05) is 0 Å². The molecule has 0 bridgehead atoms. The minimum Gasteiger partial charge on any atom is -0.817 e. The molecule has 0 aliphatic rings. The van der Waals surface area contributed by atoms with Gasteiger partial charge >= 0.3 is 0 Å². The molecular formula is C2H5NO5P2-2. The summed E-state index contributed by atoms with van der Waals surface area (Å²) < 4.78 is 3.92. The molecule has 0 aromatic carbocycles. The second-order valence-corrected chi connectivity index (χ2v) is 4.20. The van der Waals surface area contributed by atoms with Crippen molar-refractivity contribution in [1.82, 2.24) is 5.48 Å². The first-order chi connectivity index (χ1) is 4.45. The SMILES string of the molecule is O=C(COP([O-])([O-])=P)NO. The first-order valence-corrected chi connectivity index (χ1v) is 4.98. The van der Waals surface area contributed by atoms with Crippen molar-refractivity contribution in [2.24, 2.45) is 0 Å². The Kier molecular flexibility index (Phi) is 4.05. The molecule has 1 amide bonds. The van der Waals surface area contributed by atoms with E-state index in [1.165, 1.54) is 5.48 Å². The molecule has 8 heteroatoms. The van der Waals surface area contributed by atoms with E-state index in [1.54, 1.807) is 0 Å². The molecule has 0 saturated carbocycles. The molecule has 2 N–H and O–H groups in total. The van der Waals surface area contributed by atoms with Crippen LogP contribution in [0.4, 0.5) is 0 Å².